The lowest BCUT2D eigenvalue weighted by Gasteiger charge is -2.37. The van der Waals surface area contributed by atoms with Crippen molar-refractivity contribution in [3.63, 3.8) is 0 Å². The van der Waals surface area contributed by atoms with Crippen LogP contribution in [0.4, 0.5) is 15.8 Å². The molecule has 1 atom stereocenters. The van der Waals surface area contributed by atoms with E-state index >= 15 is 4.39 Å². The average molecular weight is 552 g/mol. The number of halogens is 2. The van der Waals surface area contributed by atoms with Crippen molar-refractivity contribution in [3.05, 3.63) is 82.0 Å². The molecular weight excluding hydrogens is 525 g/mol. The van der Waals surface area contributed by atoms with Crippen LogP contribution >= 0.6 is 11.6 Å². The number of carbonyl (C=O) groups is 2. The molecule has 0 saturated carbocycles. The lowest BCUT2D eigenvalue weighted by atomic mass is 9.73. The molecule has 5 rings (SSSR count). The Bertz CT molecular complexity index is 1540. The maximum Gasteiger partial charge on any atom is 0.277 e. The minimum Gasteiger partial charge on any atom is -0.506 e. The number of carbonyl (C=O) groups excluding carboxylic acids is 2. The number of rotatable bonds is 4. The number of hydrogen-bond donors (Lipinski definition) is 2. The van der Waals surface area contributed by atoms with Crippen molar-refractivity contribution in [2.45, 2.75) is 32.7 Å². The molecule has 3 aromatic rings. The van der Waals surface area contributed by atoms with Gasteiger partial charge in [0.1, 0.15) is 28.7 Å². The van der Waals surface area contributed by atoms with Gasteiger partial charge in [-0.25, -0.2) is 9.37 Å². The number of fused-ring (bicyclic) bond motifs is 1. The molecule has 0 fully saturated rings. The van der Waals surface area contributed by atoms with Gasteiger partial charge < -0.3 is 19.9 Å². The molecule has 1 amide bonds. The molecule has 2 heterocycles. The maximum absolute atomic E-state index is 15.8. The van der Waals surface area contributed by atoms with Gasteiger partial charge in [-0.3, -0.25) is 14.5 Å². The molecule has 0 saturated heterocycles. The minimum absolute atomic E-state index is 0.0324. The Morgan fingerprint density at radius 2 is 1.92 bits per heavy atom. The van der Waals surface area contributed by atoms with Crippen molar-refractivity contribution >= 4 is 34.7 Å². The van der Waals surface area contributed by atoms with E-state index in [1.54, 1.807) is 18.2 Å². The van der Waals surface area contributed by atoms with Crippen molar-refractivity contribution in [2.24, 2.45) is 5.41 Å². The van der Waals surface area contributed by atoms with E-state index in [1.165, 1.54) is 49.5 Å². The SMILES string of the molecule is COc1ccc([C@H]2C3=C(CC(C)(C)CC3=O)Nc3c(O)cccc3N2C(=O)c2ccc(OC)c(Cl)n2)c(F)c1. The molecule has 2 aromatic carbocycles. The Hall–Kier alpha value is -4.11. The molecule has 8 nitrogen and oxygen atoms in total. The highest BCUT2D eigenvalue weighted by Crippen LogP contribution is 2.51. The first kappa shape index (κ1) is 26.5. The van der Waals surface area contributed by atoms with E-state index in [2.05, 4.69) is 10.3 Å². The largest absolute Gasteiger partial charge is 0.506 e. The Kier molecular flexibility index (Phi) is 6.72. The predicted octanol–water partition coefficient (Wildman–Crippen LogP) is 6.05. The first-order valence-corrected chi connectivity index (χ1v) is 12.6. The first-order valence-electron chi connectivity index (χ1n) is 12.3. The van der Waals surface area contributed by atoms with Crippen LogP contribution in [-0.2, 0) is 4.79 Å². The third-order valence-corrected chi connectivity index (χ3v) is 7.25. The van der Waals surface area contributed by atoms with Crippen LogP contribution in [-0.4, -0.2) is 36.0 Å². The minimum atomic E-state index is -1.18. The number of methoxy groups -OCH3 is 2. The smallest absolute Gasteiger partial charge is 0.277 e. The number of ketones is 1. The summed E-state index contributed by atoms with van der Waals surface area (Å²) in [6, 6.07) is 10.7. The second-order valence-electron chi connectivity index (χ2n) is 10.3. The van der Waals surface area contributed by atoms with Crippen molar-refractivity contribution in [2.75, 3.05) is 24.4 Å². The summed E-state index contributed by atoms with van der Waals surface area (Å²) in [4.78, 5) is 33.6. The molecule has 2 N–H and O–H groups in total. The van der Waals surface area contributed by atoms with Crippen LogP contribution in [0.1, 0.15) is 48.8 Å². The number of aromatic nitrogens is 1. The Morgan fingerprint density at radius 1 is 1.15 bits per heavy atom. The number of phenolic OH excluding ortho intramolecular Hbond substituents is 1. The number of hydrogen-bond acceptors (Lipinski definition) is 7. The Labute approximate surface area is 230 Å². The highest BCUT2D eigenvalue weighted by molar-refractivity contribution is 6.31. The van der Waals surface area contributed by atoms with Crippen molar-refractivity contribution in [1.82, 2.24) is 4.98 Å². The number of anilines is 2. The maximum atomic E-state index is 15.8. The number of para-hydroxylation sites is 1. The number of allylic oxidation sites excluding steroid dienone is 1. The molecule has 39 heavy (non-hydrogen) atoms. The lowest BCUT2D eigenvalue weighted by molar-refractivity contribution is -0.118. The van der Waals surface area contributed by atoms with E-state index in [0.717, 1.165) is 0 Å². The summed E-state index contributed by atoms with van der Waals surface area (Å²) in [5, 5.41) is 14.1. The van der Waals surface area contributed by atoms with E-state index < -0.39 is 23.2 Å². The summed E-state index contributed by atoms with van der Waals surface area (Å²) >= 11 is 6.25. The van der Waals surface area contributed by atoms with E-state index in [-0.39, 0.29) is 62.8 Å². The second kappa shape index (κ2) is 9.89. The monoisotopic (exact) mass is 551 g/mol. The molecule has 10 heteroatoms. The summed E-state index contributed by atoms with van der Waals surface area (Å²) in [6.45, 7) is 3.92. The number of ether oxygens (including phenoxy) is 2. The zero-order chi connectivity index (χ0) is 28.1. The van der Waals surface area contributed by atoms with Crippen LogP contribution in [0.15, 0.2) is 59.8 Å². The molecule has 0 radical (unpaired) electrons. The standard InChI is InChI=1S/C29H27ClFN3O5/c1-29(2)13-19-24(22(36)14-29)26(16-9-8-15(38-3)12-17(16)31)34(20-6-5-7-21(35)25(20)32-19)28(37)18-10-11-23(39-4)27(30)33-18/h5-12,26,32,35H,13-14H2,1-4H3/t26-/m0/s1. The molecule has 1 aliphatic heterocycles. The summed E-state index contributed by atoms with van der Waals surface area (Å²) in [6.07, 6.45) is 0.628. The second-order valence-corrected chi connectivity index (χ2v) is 10.6. The van der Waals surface area contributed by atoms with Gasteiger partial charge in [0.05, 0.1) is 25.9 Å². The third-order valence-electron chi connectivity index (χ3n) is 6.98. The molecule has 0 spiro atoms. The van der Waals surface area contributed by atoms with Gasteiger partial charge in [-0.05, 0) is 48.2 Å². The Morgan fingerprint density at radius 3 is 2.59 bits per heavy atom. The zero-order valence-corrected chi connectivity index (χ0v) is 22.6. The summed E-state index contributed by atoms with van der Waals surface area (Å²) in [5.41, 5.74) is 0.843. The van der Waals surface area contributed by atoms with E-state index in [0.29, 0.717) is 12.1 Å². The molecule has 0 bridgehead atoms. The summed E-state index contributed by atoms with van der Waals surface area (Å²) in [5.74, 6) is -1.13. The number of benzene rings is 2. The molecule has 1 aromatic heterocycles. The van der Waals surface area contributed by atoms with E-state index in [4.69, 9.17) is 21.1 Å². The highest BCUT2D eigenvalue weighted by Gasteiger charge is 2.45. The lowest BCUT2D eigenvalue weighted by Crippen LogP contribution is -2.40. The zero-order valence-electron chi connectivity index (χ0n) is 21.8. The van der Waals surface area contributed by atoms with Crippen molar-refractivity contribution in [3.8, 4) is 17.2 Å². The molecular formula is C29H27ClFN3O5. The van der Waals surface area contributed by atoms with Crippen LogP contribution in [0.2, 0.25) is 5.15 Å². The van der Waals surface area contributed by atoms with Crippen LogP contribution in [0.3, 0.4) is 0 Å². The van der Waals surface area contributed by atoms with E-state index in [1.807, 2.05) is 13.8 Å². The Balaban J connectivity index is 1.82. The molecule has 0 unspecified atom stereocenters. The van der Waals surface area contributed by atoms with Crippen LogP contribution in [0.5, 0.6) is 17.2 Å². The van der Waals surface area contributed by atoms with Crippen LogP contribution in [0.25, 0.3) is 0 Å². The van der Waals surface area contributed by atoms with Gasteiger partial charge in [0.15, 0.2) is 16.7 Å². The average Bonchev–Trinajstić information content (AvgIpc) is 3.02. The number of aromatic hydroxyl groups is 1. The first-order chi connectivity index (χ1) is 18.5. The quantitative estimate of drug-likeness (QED) is 0.300. The van der Waals surface area contributed by atoms with Gasteiger partial charge in [-0.15, -0.1) is 0 Å². The normalized spacial score (nSPS) is 18.1. The van der Waals surface area contributed by atoms with Crippen molar-refractivity contribution < 1.29 is 28.6 Å². The van der Waals surface area contributed by atoms with Gasteiger partial charge in [-0.2, -0.15) is 0 Å². The predicted molar refractivity (Wildman–Crippen MR) is 145 cm³/mol. The fourth-order valence-electron chi connectivity index (χ4n) is 5.23. The van der Waals surface area contributed by atoms with Gasteiger partial charge >= 0.3 is 0 Å². The highest BCUT2D eigenvalue weighted by atomic mass is 35.5. The molecule has 1 aliphatic carbocycles. The number of amides is 1. The summed E-state index contributed by atoms with van der Waals surface area (Å²) < 4.78 is 26.1. The van der Waals surface area contributed by atoms with Gasteiger partial charge in [0.25, 0.3) is 5.91 Å². The van der Waals surface area contributed by atoms with Gasteiger partial charge in [0, 0.05) is 29.3 Å². The van der Waals surface area contributed by atoms with E-state index in [9.17, 15) is 14.7 Å². The number of phenols is 1. The summed E-state index contributed by atoms with van der Waals surface area (Å²) in [7, 11) is 2.85. The topological polar surface area (TPSA) is 101 Å². The van der Waals surface area contributed by atoms with Gasteiger partial charge in [-0.1, -0.05) is 31.5 Å². The van der Waals surface area contributed by atoms with Crippen LogP contribution in [0, 0.1) is 11.2 Å². The number of pyridine rings is 1. The fraction of sp³-hybridized carbons (Fsp3) is 0.276. The molecule has 2 aliphatic rings. The fourth-order valence-corrected chi connectivity index (χ4v) is 5.46. The third kappa shape index (κ3) is 4.67. The number of nitrogens with one attached hydrogen (secondary N) is 1. The number of Topliss-reactive ketones (excluding diaryl/α,β-unsaturated/α-hetero) is 1. The number of nitrogens with zero attached hydrogens (tertiary/aromatic N) is 2. The van der Waals surface area contributed by atoms with Crippen LogP contribution < -0.4 is 19.7 Å². The van der Waals surface area contributed by atoms with Crippen molar-refractivity contribution in [1.29, 1.82) is 0 Å². The van der Waals surface area contributed by atoms with Gasteiger partial charge in [0.2, 0.25) is 0 Å². The molecule has 202 valence electrons.